The van der Waals surface area contributed by atoms with Crippen LogP contribution in [-0.2, 0) is 15.9 Å². The van der Waals surface area contributed by atoms with Gasteiger partial charge in [-0.1, -0.05) is 11.6 Å². The van der Waals surface area contributed by atoms with Gasteiger partial charge in [-0.2, -0.15) is 0 Å². The monoisotopic (exact) mass is 554 g/mol. The van der Waals surface area contributed by atoms with Crippen molar-refractivity contribution in [3.63, 3.8) is 0 Å². The van der Waals surface area contributed by atoms with Crippen LogP contribution in [0.3, 0.4) is 0 Å². The van der Waals surface area contributed by atoms with Crippen molar-refractivity contribution in [1.29, 1.82) is 0 Å². The predicted octanol–water partition coefficient (Wildman–Crippen LogP) is 3.34. The van der Waals surface area contributed by atoms with E-state index in [2.05, 4.69) is 0 Å². The van der Waals surface area contributed by atoms with Gasteiger partial charge in [0.2, 0.25) is 5.43 Å². The molecular weight excluding hydrogens is 532 g/mol. The second-order valence-corrected chi connectivity index (χ2v) is 10.5. The first-order chi connectivity index (χ1) is 18.6. The Morgan fingerprint density at radius 2 is 1.90 bits per heavy atom. The maximum absolute atomic E-state index is 13.8. The van der Waals surface area contributed by atoms with Gasteiger partial charge < -0.3 is 39.8 Å². The standard InChI is InChI=1S/C27H23ClN2O9/c1-8-20(28)10-5-9-6-13-17-18(14(9)21(32)15(10)27(35)30(8)29)23(34)26-19(25(17)38-7-37-13)22(33)16-11(31)3-4-12(36-2)24(16)39-26/h5,11-13,31-32,34H,3-4,6-7,29H2,1-2H3. The van der Waals surface area contributed by atoms with E-state index >= 15 is 0 Å². The number of nitrogen functional groups attached to an aromatic ring is 1. The van der Waals surface area contributed by atoms with Crippen LogP contribution >= 0.6 is 11.6 Å². The van der Waals surface area contributed by atoms with Gasteiger partial charge in [0.1, 0.15) is 28.7 Å². The number of pyridine rings is 1. The Hall–Kier alpha value is -3.77. The summed E-state index contributed by atoms with van der Waals surface area (Å²) in [5.41, 5.74) is 0.132. The summed E-state index contributed by atoms with van der Waals surface area (Å²) in [7, 11) is 1.47. The number of halogens is 1. The Bertz CT molecular complexity index is 1890. The fourth-order valence-corrected chi connectivity index (χ4v) is 6.49. The zero-order chi connectivity index (χ0) is 27.5. The number of aliphatic hydroxyl groups is 1. The number of methoxy groups -OCH3 is 1. The lowest BCUT2D eigenvalue weighted by molar-refractivity contribution is -0.0586. The van der Waals surface area contributed by atoms with E-state index in [-0.39, 0.29) is 62.8 Å². The Morgan fingerprint density at radius 3 is 2.64 bits per heavy atom. The molecule has 2 aliphatic carbocycles. The first-order valence-electron chi connectivity index (χ1n) is 12.3. The number of phenolic OH excluding ortho intramolecular Hbond substituents is 2. The van der Waals surface area contributed by atoms with Crippen LogP contribution < -0.4 is 21.6 Å². The van der Waals surface area contributed by atoms with Crippen LogP contribution in [0.2, 0.25) is 5.02 Å². The number of benzene rings is 2. The molecule has 0 spiro atoms. The second kappa shape index (κ2) is 8.12. The average molecular weight is 555 g/mol. The van der Waals surface area contributed by atoms with E-state index in [0.29, 0.717) is 35.0 Å². The van der Waals surface area contributed by atoms with Crippen LogP contribution in [0.1, 0.15) is 59.3 Å². The summed E-state index contributed by atoms with van der Waals surface area (Å²) in [5.74, 6) is 5.29. The van der Waals surface area contributed by atoms with Gasteiger partial charge in [0.15, 0.2) is 18.1 Å². The molecule has 0 radical (unpaired) electrons. The molecule has 12 heteroatoms. The minimum absolute atomic E-state index is 0.0409. The zero-order valence-electron chi connectivity index (χ0n) is 20.8. The van der Waals surface area contributed by atoms with Crippen molar-refractivity contribution < 1.29 is 33.9 Å². The molecule has 0 fully saturated rings. The summed E-state index contributed by atoms with van der Waals surface area (Å²) in [4.78, 5) is 26.9. The number of fused-ring (bicyclic) bond motifs is 6. The summed E-state index contributed by atoms with van der Waals surface area (Å²) >= 11 is 6.52. The highest BCUT2D eigenvalue weighted by Crippen LogP contribution is 2.57. The highest BCUT2D eigenvalue weighted by molar-refractivity contribution is 6.36. The van der Waals surface area contributed by atoms with Crippen molar-refractivity contribution in [2.75, 3.05) is 19.7 Å². The fourth-order valence-electron chi connectivity index (χ4n) is 6.25. The molecule has 202 valence electrons. The van der Waals surface area contributed by atoms with Crippen LogP contribution in [0, 0.1) is 6.92 Å². The molecule has 3 heterocycles. The molecule has 39 heavy (non-hydrogen) atoms. The minimum atomic E-state index is -1.07. The van der Waals surface area contributed by atoms with E-state index < -0.39 is 40.8 Å². The zero-order valence-corrected chi connectivity index (χ0v) is 21.6. The van der Waals surface area contributed by atoms with Gasteiger partial charge in [0, 0.05) is 35.6 Å². The predicted molar refractivity (Wildman–Crippen MR) is 140 cm³/mol. The first-order valence-corrected chi connectivity index (χ1v) is 12.7. The van der Waals surface area contributed by atoms with Gasteiger partial charge in [0.25, 0.3) is 5.56 Å². The smallest absolute Gasteiger partial charge is 0.280 e. The topological polar surface area (TPSA) is 167 Å². The molecule has 3 aliphatic rings. The minimum Gasteiger partial charge on any atom is -0.506 e. The largest absolute Gasteiger partial charge is 0.506 e. The normalized spacial score (nSPS) is 21.4. The van der Waals surface area contributed by atoms with Gasteiger partial charge in [-0.05, 0) is 31.4 Å². The second-order valence-electron chi connectivity index (χ2n) is 10.1. The van der Waals surface area contributed by atoms with E-state index in [9.17, 15) is 24.9 Å². The molecule has 11 nitrogen and oxygen atoms in total. The van der Waals surface area contributed by atoms with E-state index in [1.54, 1.807) is 13.0 Å². The SMILES string of the molecule is COC1CCC(O)c2c1oc1c(O)c3c4c(c1c2=O)OCOC4Cc1cc2c(Cl)c(C)n(N)c(=O)c2c(O)c1-3. The maximum atomic E-state index is 13.8. The number of ether oxygens (including phenoxy) is 3. The van der Waals surface area contributed by atoms with Gasteiger partial charge in [0.05, 0.1) is 33.9 Å². The Morgan fingerprint density at radius 1 is 1.13 bits per heavy atom. The highest BCUT2D eigenvalue weighted by atomic mass is 35.5. The van der Waals surface area contributed by atoms with Crippen LogP contribution in [0.5, 0.6) is 17.2 Å². The average Bonchev–Trinajstić information content (AvgIpc) is 2.92. The van der Waals surface area contributed by atoms with Crippen molar-refractivity contribution in [3.8, 4) is 28.4 Å². The number of nitrogens with zero attached hydrogens (tertiary/aromatic N) is 1. The molecule has 5 N–H and O–H groups in total. The maximum Gasteiger partial charge on any atom is 0.280 e. The number of hydrogen-bond donors (Lipinski definition) is 4. The lowest BCUT2D eigenvalue weighted by Gasteiger charge is -2.35. The molecule has 0 saturated heterocycles. The molecule has 2 aromatic heterocycles. The lowest BCUT2D eigenvalue weighted by atomic mass is 9.79. The molecule has 4 aromatic rings. The number of rotatable bonds is 1. The summed E-state index contributed by atoms with van der Waals surface area (Å²) < 4.78 is 24.2. The van der Waals surface area contributed by atoms with Crippen LogP contribution in [0.15, 0.2) is 20.1 Å². The number of aromatic hydroxyl groups is 2. The molecule has 3 unspecified atom stereocenters. The van der Waals surface area contributed by atoms with Gasteiger partial charge in [-0.15, -0.1) is 0 Å². The summed E-state index contributed by atoms with van der Waals surface area (Å²) in [6.45, 7) is 1.41. The van der Waals surface area contributed by atoms with Crippen molar-refractivity contribution in [2.24, 2.45) is 0 Å². The molecule has 0 amide bonds. The van der Waals surface area contributed by atoms with Crippen molar-refractivity contribution >= 4 is 33.3 Å². The Labute approximate surface area is 224 Å². The van der Waals surface area contributed by atoms with Crippen molar-refractivity contribution in [3.05, 3.63) is 59.8 Å². The summed E-state index contributed by atoms with van der Waals surface area (Å²) in [6, 6.07) is 1.67. The fraction of sp³-hybridized carbons (Fsp3) is 0.333. The van der Waals surface area contributed by atoms with Crippen LogP contribution in [0.4, 0.5) is 0 Å². The quantitative estimate of drug-likeness (QED) is 0.256. The van der Waals surface area contributed by atoms with Gasteiger partial charge in [-0.25, -0.2) is 4.68 Å². The van der Waals surface area contributed by atoms with Gasteiger partial charge >= 0.3 is 0 Å². The summed E-state index contributed by atoms with van der Waals surface area (Å²) in [6.07, 6.45) is -1.39. The van der Waals surface area contributed by atoms with E-state index in [1.807, 2.05) is 0 Å². The van der Waals surface area contributed by atoms with Crippen molar-refractivity contribution in [1.82, 2.24) is 4.68 Å². The van der Waals surface area contributed by atoms with Crippen LogP contribution in [0.25, 0.3) is 32.9 Å². The molecule has 3 atom stereocenters. The third kappa shape index (κ3) is 2.98. The molecular formula is C27H23ClN2O9. The lowest BCUT2D eigenvalue weighted by Crippen LogP contribution is -2.30. The molecule has 7 rings (SSSR count). The molecule has 0 saturated carbocycles. The van der Waals surface area contributed by atoms with Crippen molar-refractivity contribution in [2.45, 2.75) is 44.5 Å². The van der Waals surface area contributed by atoms with E-state index in [4.69, 9.17) is 36.1 Å². The highest BCUT2D eigenvalue weighted by Gasteiger charge is 2.41. The third-order valence-electron chi connectivity index (χ3n) is 8.16. The Kier molecular flexibility index (Phi) is 5.06. The van der Waals surface area contributed by atoms with E-state index in [1.165, 1.54) is 7.11 Å². The third-order valence-corrected chi connectivity index (χ3v) is 8.64. The van der Waals surface area contributed by atoms with Crippen LogP contribution in [-0.4, -0.2) is 33.9 Å². The molecule has 0 bridgehead atoms. The number of aromatic nitrogens is 1. The molecule has 2 aromatic carbocycles. The first kappa shape index (κ1) is 24.3. The Balaban J connectivity index is 1.66. The number of aliphatic hydroxyl groups excluding tert-OH is 1. The van der Waals surface area contributed by atoms with Gasteiger partial charge in [-0.3, -0.25) is 9.59 Å². The number of phenols is 2. The summed E-state index contributed by atoms with van der Waals surface area (Å²) in [5, 5.41) is 34.2. The molecule has 1 aliphatic heterocycles. The number of hydrogen-bond acceptors (Lipinski definition) is 10. The number of nitrogens with two attached hydrogens (primary N) is 1. The van der Waals surface area contributed by atoms with E-state index in [0.717, 1.165) is 4.68 Å².